The molecule has 0 fully saturated rings. The molecule has 0 aliphatic carbocycles. The summed E-state index contributed by atoms with van der Waals surface area (Å²) >= 11 is 0. The molecule has 3 aromatic rings. The van der Waals surface area contributed by atoms with Crippen LogP contribution in [0.1, 0.15) is 16.1 Å². The van der Waals surface area contributed by atoms with E-state index in [1.807, 2.05) is 0 Å². The van der Waals surface area contributed by atoms with Crippen LogP contribution in [0.2, 0.25) is 0 Å². The van der Waals surface area contributed by atoms with Gasteiger partial charge in [-0.1, -0.05) is 24.3 Å². The summed E-state index contributed by atoms with van der Waals surface area (Å²) in [6.07, 6.45) is -3.45. The summed E-state index contributed by atoms with van der Waals surface area (Å²) in [5.74, 6) is 0.0575. The summed E-state index contributed by atoms with van der Waals surface area (Å²) in [5.41, 5.74) is -0.774. The summed E-state index contributed by atoms with van der Waals surface area (Å²) in [7, 11) is 1.51. The highest BCUT2D eigenvalue weighted by molar-refractivity contribution is 6.03. The van der Waals surface area contributed by atoms with E-state index in [0.717, 1.165) is 12.4 Å². The SMILES string of the molecule is COc1ccccc1Nc1cc(C(=O)Nc2ccccc2C(F)(F)F)ncn1. The fourth-order valence-electron chi connectivity index (χ4n) is 2.46. The van der Waals surface area contributed by atoms with Crippen molar-refractivity contribution in [3.05, 3.63) is 72.2 Å². The molecule has 1 aromatic heterocycles. The topological polar surface area (TPSA) is 76.1 Å². The average Bonchev–Trinajstić information content (AvgIpc) is 2.68. The first-order valence-electron chi connectivity index (χ1n) is 8.08. The summed E-state index contributed by atoms with van der Waals surface area (Å²) < 4.78 is 44.5. The Bertz CT molecular complexity index is 993. The van der Waals surface area contributed by atoms with Crippen molar-refractivity contribution in [1.82, 2.24) is 9.97 Å². The Hall–Kier alpha value is -3.62. The molecule has 1 amide bonds. The fourth-order valence-corrected chi connectivity index (χ4v) is 2.46. The number of nitrogens with zero attached hydrogens (tertiary/aromatic N) is 2. The van der Waals surface area contributed by atoms with Crippen LogP contribution >= 0.6 is 0 Å². The van der Waals surface area contributed by atoms with Gasteiger partial charge in [-0.3, -0.25) is 4.79 Å². The largest absolute Gasteiger partial charge is 0.495 e. The number of rotatable bonds is 5. The summed E-state index contributed by atoms with van der Waals surface area (Å²) in [6.45, 7) is 0. The minimum Gasteiger partial charge on any atom is -0.495 e. The zero-order valence-electron chi connectivity index (χ0n) is 14.6. The van der Waals surface area contributed by atoms with E-state index in [1.165, 1.54) is 31.4 Å². The number of alkyl halides is 3. The second-order valence-corrected chi connectivity index (χ2v) is 5.61. The lowest BCUT2D eigenvalue weighted by atomic mass is 10.1. The molecule has 2 N–H and O–H groups in total. The number of ether oxygens (including phenoxy) is 1. The molecular weight excluding hydrogens is 373 g/mol. The van der Waals surface area contributed by atoms with Gasteiger partial charge in [-0.2, -0.15) is 13.2 Å². The van der Waals surface area contributed by atoms with Gasteiger partial charge in [-0.25, -0.2) is 9.97 Å². The van der Waals surface area contributed by atoms with Gasteiger partial charge < -0.3 is 15.4 Å². The highest BCUT2D eigenvalue weighted by Crippen LogP contribution is 2.34. The van der Waals surface area contributed by atoms with E-state index in [2.05, 4.69) is 20.6 Å². The Balaban J connectivity index is 1.82. The third kappa shape index (κ3) is 4.37. The molecule has 144 valence electrons. The van der Waals surface area contributed by atoms with Crippen LogP contribution < -0.4 is 15.4 Å². The minimum atomic E-state index is -4.59. The number of nitrogens with one attached hydrogen (secondary N) is 2. The number of para-hydroxylation sites is 3. The Labute approximate surface area is 158 Å². The molecule has 6 nitrogen and oxygen atoms in total. The lowest BCUT2D eigenvalue weighted by molar-refractivity contribution is -0.136. The van der Waals surface area contributed by atoms with Crippen LogP contribution in [0.5, 0.6) is 5.75 Å². The van der Waals surface area contributed by atoms with Crippen LogP contribution in [-0.2, 0) is 6.18 Å². The number of anilines is 3. The zero-order chi connectivity index (χ0) is 20.1. The Morgan fingerprint density at radius 3 is 2.39 bits per heavy atom. The minimum absolute atomic E-state index is 0.0932. The van der Waals surface area contributed by atoms with Gasteiger partial charge in [0, 0.05) is 6.07 Å². The van der Waals surface area contributed by atoms with Gasteiger partial charge in [0.05, 0.1) is 24.0 Å². The molecule has 1 heterocycles. The number of carbonyl (C=O) groups excluding carboxylic acids is 1. The van der Waals surface area contributed by atoms with E-state index in [9.17, 15) is 18.0 Å². The van der Waals surface area contributed by atoms with Crippen molar-refractivity contribution in [2.45, 2.75) is 6.18 Å². The molecule has 0 saturated heterocycles. The van der Waals surface area contributed by atoms with Crippen molar-refractivity contribution in [1.29, 1.82) is 0 Å². The molecule has 0 atom stereocenters. The standard InChI is InChI=1S/C19H15F3N4O2/c1-28-16-9-5-4-8-14(16)25-17-10-15(23-11-24-17)18(27)26-13-7-3-2-6-12(13)19(20,21)22/h2-11H,1H3,(H,26,27)(H,23,24,25). The molecule has 0 spiro atoms. The van der Waals surface area contributed by atoms with Gasteiger partial charge in [0.25, 0.3) is 5.91 Å². The predicted molar refractivity (Wildman–Crippen MR) is 97.7 cm³/mol. The molecule has 28 heavy (non-hydrogen) atoms. The monoisotopic (exact) mass is 388 g/mol. The Morgan fingerprint density at radius 1 is 1.00 bits per heavy atom. The molecule has 0 radical (unpaired) electrons. The van der Waals surface area contributed by atoms with E-state index < -0.39 is 17.6 Å². The van der Waals surface area contributed by atoms with Crippen LogP contribution in [0.3, 0.4) is 0 Å². The molecule has 0 aliphatic heterocycles. The first kappa shape index (κ1) is 19.2. The second kappa shape index (κ2) is 7.95. The number of aromatic nitrogens is 2. The van der Waals surface area contributed by atoms with Crippen molar-refractivity contribution in [3.8, 4) is 5.75 Å². The number of halogens is 3. The second-order valence-electron chi connectivity index (χ2n) is 5.61. The first-order chi connectivity index (χ1) is 13.4. The van der Waals surface area contributed by atoms with Crippen LogP contribution in [0.15, 0.2) is 60.9 Å². The van der Waals surface area contributed by atoms with Gasteiger partial charge in [-0.15, -0.1) is 0 Å². The Morgan fingerprint density at radius 2 is 1.68 bits per heavy atom. The number of amides is 1. The zero-order valence-corrected chi connectivity index (χ0v) is 14.6. The van der Waals surface area contributed by atoms with Gasteiger partial charge >= 0.3 is 6.18 Å². The van der Waals surface area contributed by atoms with Gasteiger partial charge in [0.15, 0.2) is 0 Å². The van der Waals surface area contributed by atoms with Crippen LogP contribution in [0, 0.1) is 0 Å². The van der Waals surface area contributed by atoms with Crippen LogP contribution in [-0.4, -0.2) is 23.0 Å². The van der Waals surface area contributed by atoms with Crippen LogP contribution in [0.4, 0.5) is 30.4 Å². The highest BCUT2D eigenvalue weighted by Gasteiger charge is 2.33. The number of carbonyl (C=O) groups is 1. The van der Waals surface area contributed by atoms with E-state index >= 15 is 0 Å². The van der Waals surface area contributed by atoms with Crippen molar-refractivity contribution in [2.75, 3.05) is 17.7 Å². The first-order valence-corrected chi connectivity index (χ1v) is 8.08. The molecule has 0 aliphatic rings. The molecule has 2 aromatic carbocycles. The number of hydrogen-bond donors (Lipinski definition) is 2. The maximum absolute atomic E-state index is 13.1. The predicted octanol–water partition coefficient (Wildman–Crippen LogP) is 4.50. The van der Waals surface area contributed by atoms with Gasteiger partial charge in [0.2, 0.25) is 0 Å². The number of methoxy groups -OCH3 is 1. The molecule has 0 bridgehead atoms. The third-order valence-electron chi connectivity index (χ3n) is 3.75. The number of benzene rings is 2. The van der Waals surface area contributed by atoms with E-state index in [1.54, 1.807) is 24.3 Å². The van der Waals surface area contributed by atoms with Gasteiger partial charge in [-0.05, 0) is 24.3 Å². The van der Waals surface area contributed by atoms with E-state index in [-0.39, 0.29) is 17.2 Å². The number of hydrogen-bond acceptors (Lipinski definition) is 5. The normalized spacial score (nSPS) is 11.0. The van der Waals surface area contributed by atoms with Crippen molar-refractivity contribution in [2.24, 2.45) is 0 Å². The van der Waals surface area contributed by atoms with Crippen molar-refractivity contribution >= 4 is 23.1 Å². The molecule has 3 rings (SSSR count). The lowest BCUT2D eigenvalue weighted by Gasteiger charge is -2.14. The average molecular weight is 388 g/mol. The van der Waals surface area contributed by atoms with Crippen LogP contribution in [0.25, 0.3) is 0 Å². The molecule has 9 heteroatoms. The molecule has 0 saturated carbocycles. The summed E-state index contributed by atoms with van der Waals surface area (Å²) in [6, 6.07) is 13.1. The Kier molecular flexibility index (Phi) is 5.44. The van der Waals surface area contributed by atoms with Gasteiger partial charge in [0.1, 0.15) is 23.6 Å². The van der Waals surface area contributed by atoms with Crippen molar-refractivity contribution in [3.63, 3.8) is 0 Å². The maximum Gasteiger partial charge on any atom is 0.418 e. The molecule has 0 unspecified atom stereocenters. The summed E-state index contributed by atoms with van der Waals surface area (Å²) in [4.78, 5) is 20.3. The smallest absolute Gasteiger partial charge is 0.418 e. The fraction of sp³-hybridized carbons (Fsp3) is 0.105. The van der Waals surface area contributed by atoms with E-state index in [4.69, 9.17) is 4.74 Å². The molecular formula is C19H15F3N4O2. The maximum atomic E-state index is 13.1. The van der Waals surface area contributed by atoms with E-state index in [0.29, 0.717) is 11.4 Å². The highest BCUT2D eigenvalue weighted by atomic mass is 19.4. The lowest BCUT2D eigenvalue weighted by Crippen LogP contribution is -2.18. The third-order valence-corrected chi connectivity index (χ3v) is 3.75. The summed E-state index contributed by atoms with van der Waals surface area (Å²) in [5, 5.41) is 5.23. The quantitative estimate of drug-likeness (QED) is 0.673. The van der Waals surface area contributed by atoms with Crippen molar-refractivity contribution < 1.29 is 22.7 Å².